The first kappa shape index (κ1) is 18.9. The maximum Gasteiger partial charge on any atom is 0.243 e. The summed E-state index contributed by atoms with van der Waals surface area (Å²) >= 11 is 0. The third-order valence-corrected chi connectivity index (χ3v) is 6.42. The number of hydrogen-bond acceptors (Lipinski definition) is 3. The van der Waals surface area contributed by atoms with Crippen LogP contribution in [0.4, 0.5) is 4.39 Å². The number of nitrogens with one attached hydrogen (secondary N) is 1. The van der Waals surface area contributed by atoms with Crippen LogP contribution in [0.1, 0.15) is 39.5 Å². The van der Waals surface area contributed by atoms with Crippen LogP contribution < -0.4 is 5.32 Å². The highest BCUT2D eigenvalue weighted by Gasteiger charge is 2.33. The van der Waals surface area contributed by atoms with Crippen LogP contribution in [0.25, 0.3) is 0 Å². The van der Waals surface area contributed by atoms with Crippen LogP contribution in [0.3, 0.4) is 0 Å². The molecule has 1 atom stereocenters. The number of nitrogens with zero attached hydrogens (tertiary/aromatic N) is 1. The Morgan fingerprint density at radius 3 is 2.50 bits per heavy atom. The fourth-order valence-corrected chi connectivity index (χ4v) is 4.47. The van der Waals surface area contributed by atoms with Crippen molar-refractivity contribution in [3.63, 3.8) is 0 Å². The summed E-state index contributed by atoms with van der Waals surface area (Å²) in [6.45, 7) is 4.58. The van der Waals surface area contributed by atoms with E-state index in [1.54, 1.807) is 0 Å². The fraction of sp³-hybridized carbons (Fsp3) is 0.588. The SMILES string of the molecule is CCC(CC)NC(=O)C1CCCN(S(=O)(=O)c2ccc(F)cc2)C1. The molecule has 7 heteroatoms. The minimum Gasteiger partial charge on any atom is -0.353 e. The Morgan fingerprint density at radius 1 is 1.29 bits per heavy atom. The third-order valence-electron chi connectivity index (χ3n) is 4.54. The first-order chi connectivity index (χ1) is 11.4. The standard InChI is InChI=1S/C17H25FN2O3S/c1-3-15(4-2)19-17(21)13-6-5-11-20(12-13)24(22,23)16-9-7-14(18)8-10-16/h7-10,13,15H,3-6,11-12H2,1-2H3,(H,19,21). The van der Waals surface area contributed by atoms with Gasteiger partial charge in [0, 0.05) is 19.1 Å². The van der Waals surface area contributed by atoms with E-state index in [0.717, 1.165) is 25.0 Å². The van der Waals surface area contributed by atoms with Crippen LogP contribution in [0.5, 0.6) is 0 Å². The lowest BCUT2D eigenvalue weighted by Crippen LogP contribution is -2.47. The predicted molar refractivity (Wildman–Crippen MR) is 90.4 cm³/mol. The van der Waals surface area contributed by atoms with Crippen molar-refractivity contribution >= 4 is 15.9 Å². The molecule has 0 aliphatic carbocycles. The summed E-state index contributed by atoms with van der Waals surface area (Å²) in [5, 5.41) is 3.00. The Bertz CT molecular complexity index is 657. The molecule has 1 aromatic carbocycles. The van der Waals surface area contributed by atoms with Crippen LogP contribution in [-0.2, 0) is 14.8 Å². The van der Waals surface area contributed by atoms with Crippen molar-refractivity contribution < 1.29 is 17.6 Å². The molecule has 0 spiro atoms. The van der Waals surface area contributed by atoms with Gasteiger partial charge in [-0.3, -0.25) is 4.79 Å². The van der Waals surface area contributed by atoms with E-state index in [4.69, 9.17) is 0 Å². The zero-order valence-corrected chi connectivity index (χ0v) is 15.0. The zero-order chi connectivity index (χ0) is 17.7. The number of carbonyl (C=O) groups excluding carboxylic acids is 1. The van der Waals surface area contributed by atoms with Crippen molar-refractivity contribution in [2.24, 2.45) is 5.92 Å². The van der Waals surface area contributed by atoms with Crippen LogP contribution in [0.15, 0.2) is 29.2 Å². The molecule has 1 fully saturated rings. The average Bonchev–Trinajstić information content (AvgIpc) is 2.60. The van der Waals surface area contributed by atoms with Crippen LogP contribution in [0.2, 0.25) is 0 Å². The van der Waals surface area contributed by atoms with Gasteiger partial charge in [-0.15, -0.1) is 0 Å². The average molecular weight is 356 g/mol. The summed E-state index contributed by atoms with van der Waals surface area (Å²) in [6, 6.07) is 4.92. The Labute approximate surface area is 143 Å². The molecule has 0 aromatic heterocycles. The van der Waals surface area contributed by atoms with Gasteiger partial charge in [0.05, 0.1) is 10.8 Å². The third kappa shape index (κ3) is 4.33. The molecule has 1 amide bonds. The van der Waals surface area contributed by atoms with Gasteiger partial charge in [0.25, 0.3) is 0 Å². The van der Waals surface area contributed by atoms with Gasteiger partial charge in [-0.1, -0.05) is 13.8 Å². The molecule has 1 aliphatic heterocycles. The minimum atomic E-state index is -3.70. The highest BCUT2D eigenvalue weighted by atomic mass is 32.2. The summed E-state index contributed by atoms with van der Waals surface area (Å²) < 4.78 is 39.7. The second kappa shape index (κ2) is 8.07. The van der Waals surface area contributed by atoms with Crippen LogP contribution in [0, 0.1) is 11.7 Å². The number of amides is 1. The maximum atomic E-state index is 13.0. The van der Waals surface area contributed by atoms with E-state index >= 15 is 0 Å². The molecule has 24 heavy (non-hydrogen) atoms. The molecule has 1 aromatic rings. The molecule has 0 radical (unpaired) electrons. The molecule has 1 unspecified atom stereocenters. The molecular weight excluding hydrogens is 331 g/mol. The minimum absolute atomic E-state index is 0.0601. The van der Waals surface area contributed by atoms with E-state index in [1.807, 2.05) is 13.8 Å². The van der Waals surface area contributed by atoms with Gasteiger partial charge in [-0.2, -0.15) is 4.31 Å². The van der Waals surface area contributed by atoms with Gasteiger partial charge < -0.3 is 5.32 Å². The lowest BCUT2D eigenvalue weighted by atomic mass is 9.98. The molecule has 1 N–H and O–H groups in total. The molecule has 0 saturated carbocycles. The fourth-order valence-electron chi connectivity index (χ4n) is 2.94. The van der Waals surface area contributed by atoms with Crippen LogP contribution >= 0.6 is 0 Å². The Morgan fingerprint density at radius 2 is 1.92 bits per heavy atom. The van der Waals surface area contributed by atoms with Gasteiger partial charge >= 0.3 is 0 Å². The number of benzene rings is 1. The predicted octanol–water partition coefficient (Wildman–Crippen LogP) is 2.53. The smallest absolute Gasteiger partial charge is 0.243 e. The van der Waals surface area contributed by atoms with E-state index in [1.165, 1.54) is 16.4 Å². The summed E-state index contributed by atoms with van der Waals surface area (Å²) in [5.74, 6) is -0.896. The number of carbonyl (C=O) groups is 1. The number of rotatable bonds is 6. The van der Waals surface area contributed by atoms with Crippen LogP contribution in [-0.4, -0.2) is 37.8 Å². The Balaban J connectivity index is 2.09. The highest BCUT2D eigenvalue weighted by molar-refractivity contribution is 7.89. The molecule has 5 nitrogen and oxygen atoms in total. The summed E-state index contributed by atoms with van der Waals surface area (Å²) in [7, 11) is -3.70. The first-order valence-electron chi connectivity index (χ1n) is 8.44. The number of sulfonamides is 1. The number of hydrogen-bond donors (Lipinski definition) is 1. The lowest BCUT2D eigenvalue weighted by molar-refractivity contribution is -0.126. The monoisotopic (exact) mass is 356 g/mol. The van der Waals surface area contributed by atoms with Crippen molar-refractivity contribution in [3.8, 4) is 0 Å². The molecule has 1 saturated heterocycles. The van der Waals surface area contributed by atoms with E-state index in [9.17, 15) is 17.6 Å². The Kier molecular flexibility index (Phi) is 6.34. The van der Waals surface area contributed by atoms with E-state index < -0.39 is 15.8 Å². The normalized spacial score (nSPS) is 19.4. The van der Waals surface area contributed by atoms with Gasteiger partial charge in [-0.25, -0.2) is 12.8 Å². The maximum absolute atomic E-state index is 13.0. The van der Waals surface area contributed by atoms with Crippen molar-refractivity contribution in [1.29, 1.82) is 0 Å². The van der Waals surface area contributed by atoms with Gasteiger partial charge in [-0.05, 0) is 49.9 Å². The van der Waals surface area contributed by atoms with Crippen molar-refractivity contribution in [2.75, 3.05) is 13.1 Å². The van der Waals surface area contributed by atoms with Gasteiger partial charge in [0.15, 0.2) is 0 Å². The zero-order valence-electron chi connectivity index (χ0n) is 14.2. The van der Waals surface area contributed by atoms with E-state index in [0.29, 0.717) is 19.4 Å². The van der Waals surface area contributed by atoms with E-state index in [2.05, 4.69) is 5.32 Å². The topological polar surface area (TPSA) is 66.5 Å². The van der Waals surface area contributed by atoms with Crippen molar-refractivity contribution in [1.82, 2.24) is 9.62 Å². The van der Waals surface area contributed by atoms with Gasteiger partial charge in [0.2, 0.25) is 15.9 Å². The molecular formula is C17H25FN2O3S. The second-order valence-corrected chi connectivity index (χ2v) is 8.12. The number of piperidine rings is 1. The Hall–Kier alpha value is -1.47. The molecule has 0 bridgehead atoms. The van der Waals surface area contributed by atoms with Crippen molar-refractivity contribution in [3.05, 3.63) is 30.1 Å². The summed E-state index contributed by atoms with van der Waals surface area (Å²) in [4.78, 5) is 12.5. The second-order valence-electron chi connectivity index (χ2n) is 6.18. The summed E-state index contributed by atoms with van der Waals surface area (Å²) in [6.07, 6.45) is 3.03. The molecule has 134 valence electrons. The molecule has 1 aliphatic rings. The largest absolute Gasteiger partial charge is 0.353 e. The van der Waals surface area contributed by atoms with Gasteiger partial charge in [0.1, 0.15) is 5.82 Å². The highest BCUT2D eigenvalue weighted by Crippen LogP contribution is 2.24. The molecule has 1 heterocycles. The quantitative estimate of drug-likeness (QED) is 0.852. The van der Waals surface area contributed by atoms with E-state index in [-0.39, 0.29) is 29.3 Å². The first-order valence-corrected chi connectivity index (χ1v) is 9.88. The summed E-state index contributed by atoms with van der Waals surface area (Å²) in [5.41, 5.74) is 0. The lowest BCUT2D eigenvalue weighted by Gasteiger charge is -2.32. The van der Waals surface area contributed by atoms with Crippen molar-refractivity contribution in [2.45, 2.75) is 50.5 Å². The molecule has 2 rings (SSSR count). The number of halogens is 1.